The minimum atomic E-state index is -0.691. The van der Waals surface area contributed by atoms with Gasteiger partial charge in [-0.2, -0.15) is 0 Å². The van der Waals surface area contributed by atoms with Crippen molar-refractivity contribution in [2.75, 3.05) is 7.11 Å². The molecule has 4 nitrogen and oxygen atoms in total. The van der Waals surface area contributed by atoms with Gasteiger partial charge in [0.2, 0.25) is 0 Å². The van der Waals surface area contributed by atoms with Crippen molar-refractivity contribution in [3.8, 4) is 0 Å². The second kappa shape index (κ2) is 5.96. The lowest BCUT2D eigenvalue weighted by atomic mass is 9.95. The lowest BCUT2D eigenvalue weighted by Gasteiger charge is -2.24. The lowest BCUT2D eigenvalue weighted by molar-refractivity contribution is -0.138. The summed E-state index contributed by atoms with van der Waals surface area (Å²) in [5, 5.41) is 0. The van der Waals surface area contributed by atoms with Crippen LogP contribution in [0.3, 0.4) is 0 Å². The van der Waals surface area contributed by atoms with Crippen molar-refractivity contribution in [3.05, 3.63) is 18.2 Å². The molecule has 0 saturated carbocycles. The Morgan fingerprint density at radius 3 is 2.76 bits per heavy atom. The van der Waals surface area contributed by atoms with E-state index in [-0.39, 0.29) is 5.78 Å². The molecule has 1 aromatic heterocycles. The Labute approximate surface area is 103 Å². The molecule has 0 aromatic carbocycles. The van der Waals surface area contributed by atoms with Crippen molar-refractivity contribution in [2.24, 2.45) is 0 Å². The van der Waals surface area contributed by atoms with E-state index in [1.54, 1.807) is 13.3 Å². The molecule has 1 unspecified atom stereocenters. The van der Waals surface area contributed by atoms with Crippen LogP contribution in [-0.2, 0) is 22.5 Å². The maximum absolute atomic E-state index is 12.2. The molecule has 0 amide bonds. The van der Waals surface area contributed by atoms with Crippen molar-refractivity contribution >= 4 is 5.78 Å². The molecule has 4 heteroatoms. The van der Waals surface area contributed by atoms with E-state index in [0.717, 1.165) is 18.8 Å². The van der Waals surface area contributed by atoms with Gasteiger partial charge in [-0.05, 0) is 19.8 Å². The zero-order valence-corrected chi connectivity index (χ0v) is 11.2. The van der Waals surface area contributed by atoms with E-state index in [2.05, 4.69) is 11.9 Å². The largest absolute Gasteiger partial charge is 0.371 e. The van der Waals surface area contributed by atoms with Crippen molar-refractivity contribution in [3.63, 3.8) is 0 Å². The maximum Gasteiger partial charge on any atom is 0.171 e. The first-order valence-electron chi connectivity index (χ1n) is 6.15. The summed E-state index contributed by atoms with van der Waals surface area (Å²) in [6.07, 6.45) is 5.71. The minimum Gasteiger partial charge on any atom is -0.371 e. The van der Waals surface area contributed by atoms with E-state index in [0.29, 0.717) is 12.8 Å². The predicted octanol–water partition coefficient (Wildman–Crippen LogP) is 2.22. The Balaban J connectivity index is 2.77. The molecule has 0 spiro atoms. The summed E-state index contributed by atoms with van der Waals surface area (Å²) in [5.41, 5.74) is -0.691. The summed E-state index contributed by atoms with van der Waals surface area (Å²) in [7, 11) is 1.58. The Bertz CT molecular complexity index is 367. The number of Topliss-reactive ketones (excluding diaryl/α,β-unsaturated/α-hetero) is 1. The number of ketones is 1. The highest BCUT2D eigenvalue weighted by Gasteiger charge is 2.31. The quantitative estimate of drug-likeness (QED) is 0.731. The van der Waals surface area contributed by atoms with Gasteiger partial charge in [-0.1, -0.05) is 13.8 Å². The number of carbonyl (C=O) groups excluding carboxylic acids is 1. The van der Waals surface area contributed by atoms with Crippen molar-refractivity contribution in [1.29, 1.82) is 0 Å². The summed E-state index contributed by atoms with van der Waals surface area (Å²) in [6, 6.07) is 0. The molecule has 0 bridgehead atoms. The summed E-state index contributed by atoms with van der Waals surface area (Å²) >= 11 is 0. The van der Waals surface area contributed by atoms with Gasteiger partial charge in [0.25, 0.3) is 0 Å². The first kappa shape index (κ1) is 13.9. The Morgan fingerprint density at radius 2 is 2.24 bits per heavy atom. The fourth-order valence-corrected chi connectivity index (χ4v) is 1.74. The average Bonchev–Trinajstić information content (AvgIpc) is 2.76. The molecule has 0 radical (unpaired) electrons. The van der Waals surface area contributed by atoms with Gasteiger partial charge in [-0.3, -0.25) is 4.79 Å². The summed E-state index contributed by atoms with van der Waals surface area (Å²) in [6.45, 7) is 6.80. The number of aromatic nitrogens is 2. The summed E-state index contributed by atoms with van der Waals surface area (Å²) in [5.74, 6) is 0.916. The number of methoxy groups -OCH3 is 1. The van der Waals surface area contributed by atoms with Gasteiger partial charge in [-0.15, -0.1) is 0 Å². The van der Waals surface area contributed by atoms with Crippen LogP contribution in [0, 0.1) is 0 Å². The third-order valence-corrected chi connectivity index (χ3v) is 3.30. The zero-order valence-electron chi connectivity index (χ0n) is 11.2. The van der Waals surface area contributed by atoms with Gasteiger partial charge in [0.1, 0.15) is 11.4 Å². The first-order chi connectivity index (χ1) is 8.07. The fourth-order valence-electron chi connectivity index (χ4n) is 1.74. The van der Waals surface area contributed by atoms with E-state index in [1.165, 1.54) is 0 Å². The molecule has 17 heavy (non-hydrogen) atoms. The molecule has 1 heterocycles. The number of hydrogen-bond donors (Lipinski definition) is 0. The Kier molecular flexibility index (Phi) is 4.87. The molecule has 1 atom stereocenters. The van der Waals surface area contributed by atoms with Crippen molar-refractivity contribution in [1.82, 2.24) is 9.55 Å². The first-order valence-corrected chi connectivity index (χ1v) is 6.15. The van der Waals surface area contributed by atoms with Gasteiger partial charge in [0.15, 0.2) is 5.78 Å². The lowest BCUT2D eigenvalue weighted by Crippen LogP contribution is -2.38. The molecule has 0 fully saturated rings. The number of imidazole rings is 1. The second-order valence-electron chi connectivity index (χ2n) is 4.43. The van der Waals surface area contributed by atoms with E-state index in [9.17, 15) is 4.79 Å². The van der Waals surface area contributed by atoms with E-state index >= 15 is 0 Å². The number of hydrogen-bond acceptors (Lipinski definition) is 3. The number of carbonyl (C=O) groups is 1. The summed E-state index contributed by atoms with van der Waals surface area (Å²) < 4.78 is 7.34. The SMILES string of the molecule is CCCn1ccnc1CC(=O)C(C)(CC)OC. The van der Waals surface area contributed by atoms with E-state index in [1.807, 2.05) is 24.6 Å². The molecule has 0 aliphatic carbocycles. The topological polar surface area (TPSA) is 44.1 Å². The summed E-state index contributed by atoms with van der Waals surface area (Å²) in [4.78, 5) is 16.4. The Morgan fingerprint density at radius 1 is 1.53 bits per heavy atom. The third kappa shape index (κ3) is 3.16. The van der Waals surface area contributed by atoms with Crippen LogP contribution in [0.4, 0.5) is 0 Å². The minimum absolute atomic E-state index is 0.0889. The smallest absolute Gasteiger partial charge is 0.171 e. The number of ether oxygens (including phenoxy) is 1. The molecule has 0 aliphatic heterocycles. The highest BCUT2D eigenvalue weighted by atomic mass is 16.5. The molecule has 0 saturated heterocycles. The van der Waals surface area contributed by atoms with Crippen LogP contribution in [0.5, 0.6) is 0 Å². The highest BCUT2D eigenvalue weighted by molar-refractivity contribution is 5.88. The van der Waals surface area contributed by atoms with Crippen LogP contribution in [-0.4, -0.2) is 28.0 Å². The van der Waals surface area contributed by atoms with Gasteiger partial charge in [0, 0.05) is 26.0 Å². The van der Waals surface area contributed by atoms with Gasteiger partial charge in [-0.25, -0.2) is 4.98 Å². The maximum atomic E-state index is 12.2. The monoisotopic (exact) mass is 238 g/mol. The van der Waals surface area contributed by atoms with Crippen LogP contribution in [0.15, 0.2) is 12.4 Å². The number of nitrogens with zero attached hydrogens (tertiary/aromatic N) is 2. The highest BCUT2D eigenvalue weighted by Crippen LogP contribution is 2.17. The average molecular weight is 238 g/mol. The van der Waals surface area contributed by atoms with Crippen LogP contribution < -0.4 is 0 Å². The molecule has 96 valence electrons. The number of rotatable bonds is 7. The van der Waals surface area contributed by atoms with Crippen LogP contribution >= 0.6 is 0 Å². The molecule has 1 aromatic rings. The molecule has 0 N–H and O–H groups in total. The number of aryl methyl sites for hydroxylation is 1. The molecule has 0 aliphatic rings. The predicted molar refractivity (Wildman–Crippen MR) is 66.9 cm³/mol. The zero-order chi connectivity index (χ0) is 12.9. The molecular formula is C13H22N2O2. The molecule has 1 rings (SSSR count). The second-order valence-corrected chi connectivity index (χ2v) is 4.43. The van der Waals surface area contributed by atoms with E-state index in [4.69, 9.17) is 4.74 Å². The van der Waals surface area contributed by atoms with Gasteiger partial charge >= 0.3 is 0 Å². The van der Waals surface area contributed by atoms with Crippen LogP contribution in [0.25, 0.3) is 0 Å². The van der Waals surface area contributed by atoms with Crippen LogP contribution in [0.1, 0.15) is 39.4 Å². The third-order valence-electron chi connectivity index (χ3n) is 3.30. The van der Waals surface area contributed by atoms with Crippen molar-refractivity contribution in [2.45, 2.75) is 52.2 Å². The van der Waals surface area contributed by atoms with Gasteiger partial charge in [0.05, 0.1) is 6.42 Å². The Hall–Kier alpha value is -1.16. The van der Waals surface area contributed by atoms with Gasteiger partial charge < -0.3 is 9.30 Å². The standard InChI is InChI=1S/C13H22N2O2/c1-5-8-15-9-7-14-12(15)10-11(16)13(3,6-2)17-4/h7,9H,5-6,8,10H2,1-4H3. The van der Waals surface area contributed by atoms with E-state index < -0.39 is 5.60 Å². The molecular weight excluding hydrogens is 216 g/mol. The normalized spacial score (nSPS) is 14.6. The van der Waals surface area contributed by atoms with Crippen LogP contribution in [0.2, 0.25) is 0 Å². The van der Waals surface area contributed by atoms with Crippen molar-refractivity contribution < 1.29 is 9.53 Å². The fraction of sp³-hybridized carbons (Fsp3) is 0.692.